The van der Waals surface area contributed by atoms with Crippen LogP contribution in [-0.4, -0.2) is 9.97 Å². The van der Waals surface area contributed by atoms with Crippen molar-refractivity contribution in [3.8, 4) is 0 Å². The summed E-state index contributed by atoms with van der Waals surface area (Å²) < 4.78 is 0. The van der Waals surface area contributed by atoms with E-state index in [1.807, 2.05) is 19.9 Å². The molecule has 0 spiro atoms. The quantitative estimate of drug-likeness (QED) is 0.614. The Kier molecular flexibility index (Phi) is 4.02. The molecule has 0 aliphatic heterocycles. The monoisotopic (exact) mass is 258 g/mol. The van der Waals surface area contributed by atoms with Crippen LogP contribution in [0.5, 0.6) is 0 Å². The third-order valence-corrected chi connectivity index (χ3v) is 3.72. The summed E-state index contributed by atoms with van der Waals surface area (Å²) in [5.41, 5.74) is 6.06. The molecular formula is C15H18N2S. The molecule has 0 unspecified atom stereocenters. The summed E-state index contributed by atoms with van der Waals surface area (Å²) >= 11 is 1.70. The number of thioether (sulfide) groups is 1. The molecule has 0 fully saturated rings. The highest BCUT2D eigenvalue weighted by atomic mass is 32.2. The van der Waals surface area contributed by atoms with Crippen LogP contribution >= 0.6 is 11.8 Å². The van der Waals surface area contributed by atoms with Crippen molar-refractivity contribution >= 4 is 11.8 Å². The van der Waals surface area contributed by atoms with Gasteiger partial charge in [-0.25, -0.2) is 9.97 Å². The molecular weight excluding hydrogens is 240 g/mol. The molecule has 2 nitrogen and oxygen atoms in total. The third kappa shape index (κ3) is 3.33. The van der Waals surface area contributed by atoms with Crippen molar-refractivity contribution < 1.29 is 0 Å². The minimum absolute atomic E-state index is 0.869. The molecule has 1 aromatic carbocycles. The van der Waals surface area contributed by atoms with Crippen LogP contribution in [0.2, 0.25) is 0 Å². The molecule has 0 bridgehead atoms. The molecule has 1 aromatic heterocycles. The smallest absolute Gasteiger partial charge is 0.188 e. The summed E-state index contributed by atoms with van der Waals surface area (Å²) in [5, 5.41) is 0.869. The second-order valence-corrected chi connectivity index (χ2v) is 5.59. The highest BCUT2D eigenvalue weighted by molar-refractivity contribution is 7.98. The first-order chi connectivity index (χ1) is 8.54. The Bertz CT molecular complexity index is 544. The molecule has 1 heterocycles. The number of rotatable bonds is 3. The van der Waals surface area contributed by atoms with Crippen molar-refractivity contribution in [2.24, 2.45) is 0 Å². The molecule has 0 aliphatic carbocycles. The molecule has 18 heavy (non-hydrogen) atoms. The van der Waals surface area contributed by atoms with E-state index < -0.39 is 0 Å². The summed E-state index contributed by atoms with van der Waals surface area (Å²) in [4.78, 5) is 8.91. The zero-order chi connectivity index (χ0) is 13.1. The zero-order valence-electron chi connectivity index (χ0n) is 11.3. The lowest BCUT2D eigenvalue weighted by atomic mass is 10.1. The molecule has 0 atom stereocenters. The summed E-state index contributed by atoms with van der Waals surface area (Å²) in [7, 11) is 0. The predicted molar refractivity (Wildman–Crippen MR) is 77.0 cm³/mol. The highest BCUT2D eigenvalue weighted by Gasteiger charge is 2.04. The standard InChI is InChI=1S/C15H18N2S/c1-10-5-6-11(2)14(7-10)9-18-15-16-12(3)8-13(4)17-15/h5-8H,9H2,1-4H3. The Balaban J connectivity index is 2.13. The van der Waals surface area contributed by atoms with Crippen molar-refractivity contribution in [3.63, 3.8) is 0 Å². The fourth-order valence-electron chi connectivity index (χ4n) is 1.86. The maximum absolute atomic E-state index is 4.45. The van der Waals surface area contributed by atoms with Crippen molar-refractivity contribution in [3.05, 3.63) is 52.3 Å². The van der Waals surface area contributed by atoms with Crippen molar-refractivity contribution in [2.45, 2.75) is 38.6 Å². The number of nitrogens with zero attached hydrogens (tertiary/aromatic N) is 2. The van der Waals surface area contributed by atoms with Gasteiger partial charge in [0.25, 0.3) is 0 Å². The molecule has 0 saturated heterocycles. The van der Waals surface area contributed by atoms with Crippen LogP contribution < -0.4 is 0 Å². The molecule has 0 saturated carbocycles. The topological polar surface area (TPSA) is 25.8 Å². The molecule has 0 amide bonds. The Morgan fingerprint density at radius 3 is 2.28 bits per heavy atom. The van der Waals surface area contributed by atoms with Gasteiger partial charge in [-0.3, -0.25) is 0 Å². The lowest BCUT2D eigenvalue weighted by Crippen LogP contribution is -1.94. The normalized spacial score (nSPS) is 10.7. The minimum Gasteiger partial charge on any atom is -0.228 e. The van der Waals surface area contributed by atoms with E-state index in [2.05, 4.69) is 42.0 Å². The summed E-state index contributed by atoms with van der Waals surface area (Å²) in [6, 6.07) is 8.57. The van der Waals surface area contributed by atoms with Gasteiger partial charge in [0.1, 0.15) is 0 Å². The fourth-order valence-corrected chi connectivity index (χ4v) is 2.87. The molecule has 0 N–H and O–H groups in total. The van der Waals surface area contributed by atoms with Gasteiger partial charge in [0, 0.05) is 17.1 Å². The zero-order valence-corrected chi connectivity index (χ0v) is 12.1. The second-order valence-electron chi connectivity index (χ2n) is 4.65. The van der Waals surface area contributed by atoms with Crippen LogP contribution in [0.4, 0.5) is 0 Å². The van der Waals surface area contributed by atoms with E-state index in [1.54, 1.807) is 11.8 Å². The lowest BCUT2D eigenvalue weighted by molar-refractivity contribution is 0.901. The first kappa shape index (κ1) is 13.1. The van der Waals surface area contributed by atoms with Gasteiger partial charge in [-0.1, -0.05) is 35.5 Å². The number of hydrogen-bond acceptors (Lipinski definition) is 3. The third-order valence-electron chi connectivity index (χ3n) is 2.82. The van der Waals surface area contributed by atoms with Crippen molar-refractivity contribution in [1.29, 1.82) is 0 Å². The second kappa shape index (κ2) is 5.53. The van der Waals surface area contributed by atoms with Crippen LogP contribution in [0.3, 0.4) is 0 Å². The van der Waals surface area contributed by atoms with Gasteiger partial charge in [-0.05, 0) is 44.9 Å². The van der Waals surface area contributed by atoms with Gasteiger partial charge in [0.05, 0.1) is 0 Å². The minimum atomic E-state index is 0.869. The van der Waals surface area contributed by atoms with E-state index in [4.69, 9.17) is 0 Å². The van der Waals surface area contributed by atoms with Gasteiger partial charge in [0.2, 0.25) is 0 Å². The first-order valence-corrected chi connectivity index (χ1v) is 7.04. The predicted octanol–water partition coefficient (Wildman–Crippen LogP) is 4.00. The Hall–Kier alpha value is -1.35. The number of benzene rings is 1. The molecule has 94 valence electrons. The Morgan fingerprint density at radius 1 is 0.944 bits per heavy atom. The molecule has 2 rings (SSSR count). The molecule has 3 heteroatoms. The Morgan fingerprint density at radius 2 is 1.61 bits per heavy atom. The molecule has 0 aliphatic rings. The van der Waals surface area contributed by atoms with Gasteiger partial charge < -0.3 is 0 Å². The van der Waals surface area contributed by atoms with E-state index in [1.165, 1.54) is 16.7 Å². The average Bonchev–Trinajstić information content (AvgIpc) is 2.29. The number of hydrogen-bond donors (Lipinski definition) is 0. The van der Waals surface area contributed by atoms with E-state index >= 15 is 0 Å². The lowest BCUT2D eigenvalue weighted by Gasteiger charge is -2.07. The maximum Gasteiger partial charge on any atom is 0.188 e. The van der Waals surface area contributed by atoms with Crippen LogP contribution in [0.25, 0.3) is 0 Å². The van der Waals surface area contributed by atoms with Gasteiger partial charge in [-0.15, -0.1) is 0 Å². The maximum atomic E-state index is 4.45. The SMILES string of the molecule is Cc1ccc(C)c(CSc2nc(C)cc(C)n2)c1. The molecule has 2 aromatic rings. The number of aromatic nitrogens is 2. The largest absolute Gasteiger partial charge is 0.228 e. The fraction of sp³-hybridized carbons (Fsp3) is 0.333. The summed E-state index contributed by atoms with van der Waals surface area (Å²) in [6.45, 7) is 8.30. The van der Waals surface area contributed by atoms with Gasteiger partial charge in [0.15, 0.2) is 5.16 Å². The van der Waals surface area contributed by atoms with E-state index in [0.29, 0.717) is 0 Å². The van der Waals surface area contributed by atoms with Gasteiger partial charge in [-0.2, -0.15) is 0 Å². The molecule has 0 radical (unpaired) electrons. The van der Waals surface area contributed by atoms with Crippen LogP contribution in [0.1, 0.15) is 28.1 Å². The highest BCUT2D eigenvalue weighted by Crippen LogP contribution is 2.22. The van der Waals surface area contributed by atoms with Crippen LogP contribution in [-0.2, 0) is 5.75 Å². The van der Waals surface area contributed by atoms with E-state index in [9.17, 15) is 0 Å². The van der Waals surface area contributed by atoms with Crippen molar-refractivity contribution in [1.82, 2.24) is 9.97 Å². The van der Waals surface area contributed by atoms with Crippen molar-refractivity contribution in [2.75, 3.05) is 0 Å². The van der Waals surface area contributed by atoms with Crippen LogP contribution in [0, 0.1) is 27.7 Å². The van der Waals surface area contributed by atoms with E-state index in [-0.39, 0.29) is 0 Å². The van der Waals surface area contributed by atoms with Crippen LogP contribution in [0.15, 0.2) is 29.4 Å². The van der Waals surface area contributed by atoms with Gasteiger partial charge >= 0.3 is 0 Å². The summed E-state index contributed by atoms with van der Waals surface area (Å²) in [5.74, 6) is 0.927. The Labute approximate surface area is 113 Å². The average molecular weight is 258 g/mol. The number of aryl methyl sites for hydroxylation is 4. The van der Waals surface area contributed by atoms with E-state index in [0.717, 1.165) is 22.3 Å². The summed E-state index contributed by atoms with van der Waals surface area (Å²) in [6.07, 6.45) is 0. The first-order valence-electron chi connectivity index (χ1n) is 6.06.